The van der Waals surface area contributed by atoms with Crippen LogP contribution in [0.1, 0.15) is 47.7 Å². The van der Waals surface area contributed by atoms with Crippen molar-refractivity contribution in [3.8, 4) is 0 Å². The average molecular weight is 431 g/mol. The molecule has 4 rings (SSSR count). The third-order valence-electron chi connectivity index (χ3n) is 5.57. The highest BCUT2D eigenvalue weighted by atomic mass is 32.2. The normalized spacial score (nSPS) is 19.8. The van der Waals surface area contributed by atoms with Crippen LogP contribution in [-0.2, 0) is 4.74 Å². The molecule has 2 aliphatic rings. The monoisotopic (exact) mass is 430 g/mol. The first-order chi connectivity index (χ1) is 14.5. The SMILES string of the molecule is O=C(c1cc([N+](=O)[O-])ccc1SC1CCCC1)N1CCO[C@H](c2cccc(F)c2)C1. The average Bonchev–Trinajstić information content (AvgIpc) is 3.26. The summed E-state index contributed by atoms with van der Waals surface area (Å²) < 4.78 is 19.4. The highest BCUT2D eigenvalue weighted by Crippen LogP contribution is 2.38. The largest absolute Gasteiger partial charge is 0.370 e. The van der Waals surface area contributed by atoms with Gasteiger partial charge in [-0.3, -0.25) is 14.9 Å². The van der Waals surface area contributed by atoms with Crippen LogP contribution in [0.5, 0.6) is 0 Å². The zero-order chi connectivity index (χ0) is 21.1. The summed E-state index contributed by atoms with van der Waals surface area (Å²) in [4.78, 5) is 26.6. The number of nitro groups is 1. The van der Waals surface area contributed by atoms with Gasteiger partial charge in [0.25, 0.3) is 11.6 Å². The second kappa shape index (κ2) is 9.14. The summed E-state index contributed by atoms with van der Waals surface area (Å²) in [5.41, 5.74) is 0.942. The number of non-ortho nitro benzene ring substituents is 1. The predicted octanol–water partition coefficient (Wildman–Crippen LogP) is 4.98. The lowest BCUT2D eigenvalue weighted by atomic mass is 10.1. The first-order valence-electron chi connectivity index (χ1n) is 10.1. The van der Waals surface area contributed by atoms with Gasteiger partial charge in [0.1, 0.15) is 11.9 Å². The van der Waals surface area contributed by atoms with Gasteiger partial charge >= 0.3 is 0 Å². The molecule has 1 atom stereocenters. The fourth-order valence-electron chi connectivity index (χ4n) is 4.00. The van der Waals surface area contributed by atoms with Crippen molar-refractivity contribution in [3.63, 3.8) is 0 Å². The first kappa shape index (κ1) is 20.8. The van der Waals surface area contributed by atoms with E-state index in [1.165, 1.54) is 37.1 Å². The summed E-state index contributed by atoms with van der Waals surface area (Å²) in [6.45, 7) is 0.992. The number of nitrogens with zero attached hydrogens (tertiary/aromatic N) is 2. The lowest BCUT2D eigenvalue weighted by Crippen LogP contribution is -2.42. The predicted molar refractivity (Wildman–Crippen MR) is 112 cm³/mol. The van der Waals surface area contributed by atoms with Crippen LogP contribution in [0.4, 0.5) is 10.1 Å². The Balaban J connectivity index is 1.58. The van der Waals surface area contributed by atoms with Crippen LogP contribution in [0.15, 0.2) is 47.4 Å². The van der Waals surface area contributed by atoms with Crippen LogP contribution in [0.3, 0.4) is 0 Å². The van der Waals surface area contributed by atoms with Crippen molar-refractivity contribution in [3.05, 3.63) is 69.5 Å². The van der Waals surface area contributed by atoms with Crippen LogP contribution < -0.4 is 0 Å². The molecule has 1 aliphatic carbocycles. The number of halogens is 1. The molecule has 1 saturated carbocycles. The molecule has 0 unspecified atom stereocenters. The summed E-state index contributed by atoms with van der Waals surface area (Å²) in [5, 5.41) is 11.7. The third kappa shape index (κ3) is 4.65. The zero-order valence-electron chi connectivity index (χ0n) is 16.5. The molecule has 1 aliphatic heterocycles. The quantitative estimate of drug-likeness (QED) is 0.494. The number of amides is 1. The van der Waals surface area contributed by atoms with Crippen molar-refractivity contribution < 1.29 is 18.8 Å². The van der Waals surface area contributed by atoms with Gasteiger partial charge in [0.2, 0.25) is 0 Å². The number of hydrogen-bond acceptors (Lipinski definition) is 5. The van der Waals surface area contributed by atoms with E-state index >= 15 is 0 Å². The van der Waals surface area contributed by atoms with Gasteiger partial charge in [0.15, 0.2) is 0 Å². The fraction of sp³-hybridized carbons (Fsp3) is 0.409. The van der Waals surface area contributed by atoms with Gasteiger partial charge in [-0.15, -0.1) is 11.8 Å². The Morgan fingerprint density at radius 1 is 1.20 bits per heavy atom. The Kier molecular flexibility index (Phi) is 6.34. The first-order valence-corrected chi connectivity index (χ1v) is 11.0. The minimum atomic E-state index is -0.477. The molecule has 1 heterocycles. The van der Waals surface area contributed by atoms with Crippen molar-refractivity contribution in [2.24, 2.45) is 0 Å². The highest BCUT2D eigenvalue weighted by molar-refractivity contribution is 8.00. The van der Waals surface area contributed by atoms with Gasteiger partial charge < -0.3 is 9.64 Å². The molecule has 30 heavy (non-hydrogen) atoms. The zero-order valence-corrected chi connectivity index (χ0v) is 17.3. The second-order valence-electron chi connectivity index (χ2n) is 7.63. The maximum absolute atomic E-state index is 13.6. The number of carbonyl (C=O) groups is 1. The number of nitro benzene ring substituents is 1. The summed E-state index contributed by atoms with van der Waals surface area (Å²) >= 11 is 1.64. The Hall–Kier alpha value is -2.45. The summed E-state index contributed by atoms with van der Waals surface area (Å²) in [5.74, 6) is -0.600. The highest BCUT2D eigenvalue weighted by Gasteiger charge is 2.29. The number of morpholine rings is 1. The fourth-order valence-corrected chi connectivity index (χ4v) is 5.35. The number of thioether (sulfide) groups is 1. The van der Waals surface area contributed by atoms with Crippen molar-refractivity contribution in [1.29, 1.82) is 0 Å². The molecule has 8 heteroatoms. The lowest BCUT2D eigenvalue weighted by Gasteiger charge is -2.33. The van der Waals surface area contributed by atoms with Crippen molar-refractivity contribution in [1.82, 2.24) is 4.90 Å². The van der Waals surface area contributed by atoms with Crippen LogP contribution in [0, 0.1) is 15.9 Å². The molecule has 2 aromatic rings. The van der Waals surface area contributed by atoms with Crippen LogP contribution in [0.25, 0.3) is 0 Å². The number of ether oxygens (including phenoxy) is 1. The van der Waals surface area contributed by atoms with Gasteiger partial charge in [-0.05, 0) is 36.6 Å². The Morgan fingerprint density at radius 2 is 2.00 bits per heavy atom. The van der Waals surface area contributed by atoms with E-state index in [2.05, 4.69) is 0 Å². The van der Waals surface area contributed by atoms with Gasteiger partial charge in [-0.1, -0.05) is 25.0 Å². The maximum atomic E-state index is 13.6. The molecular formula is C22H23FN2O4S. The smallest absolute Gasteiger partial charge is 0.270 e. The van der Waals surface area contributed by atoms with E-state index in [1.807, 2.05) is 0 Å². The van der Waals surface area contributed by atoms with E-state index in [9.17, 15) is 19.3 Å². The minimum absolute atomic E-state index is 0.0935. The summed E-state index contributed by atoms with van der Waals surface area (Å²) in [7, 11) is 0. The van der Waals surface area contributed by atoms with Gasteiger partial charge in [-0.2, -0.15) is 0 Å². The van der Waals surface area contributed by atoms with Gasteiger partial charge in [0.05, 0.1) is 23.6 Å². The number of rotatable bonds is 5. The van der Waals surface area contributed by atoms with Crippen molar-refractivity contribution in [2.75, 3.05) is 19.7 Å². The lowest BCUT2D eigenvalue weighted by molar-refractivity contribution is -0.384. The number of benzene rings is 2. The van der Waals surface area contributed by atoms with E-state index in [-0.39, 0.29) is 24.0 Å². The Bertz CT molecular complexity index is 948. The molecule has 1 amide bonds. The van der Waals surface area contributed by atoms with Crippen LogP contribution in [-0.4, -0.2) is 40.7 Å². The molecule has 2 aromatic carbocycles. The van der Waals surface area contributed by atoms with E-state index in [4.69, 9.17) is 4.74 Å². The molecule has 0 radical (unpaired) electrons. The maximum Gasteiger partial charge on any atom is 0.270 e. The third-order valence-corrected chi connectivity index (χ3v) is 6.99. The molecule has 6 nitrogen and oxygen atoms in total. The number of hydrogen-bond donors (Lipinski definition) is 0. The van der Waals surface area contributed by atoms with Crippen molar-refractivity contribution >= 4 is 23.4 Å². The van der Waals surface area contributed by atoms with E-state index in [1.54, 1.807) is 34.9 Å². The molecule has 1 saturated heterocycles. The molecule has 0 spiro atoms. The molecule has 0 bridgehead atoms. The van der Waals surface area contributed by atoms with Gasteiger partial charge in [-0.25, -0.2) is 4.39 Å². The Morgan fingerprint density at radius 3 is 2.73 bits per heavy atom. The second-order valence-corrected chi connectivity index (χ2v) is 8.97. The molecule has 158 valence electrons. The Labute approximate surface area is 178 Å². The van der Waals surface area contributed by atoms with Crippen LogP contribution >= 0.6 is 11.8 Å². The van der Waals surface area contributed by atoms with E-state index < -0.39 is 11.0 Å². The van der Waals surface area contributed by atoms with E-state index in [0.29, 0.717) is 29.5 Å². The minimum Gasteiger partial charge on any atom is -0.370 e. The standard InChI is InChI=1S/C22H23FN2O4S/c23-16-5-3-4-15(12-16)20-14-24(10-11-29-20)22(26)19-13-17(25(27)28)8-9-21(19)30-18-6-1-2-7-18/h3-5,8-9,12-13,18,20H,1-2,6-7,10-11,14H2/t20-/m0/s1. The topological polar surface area (TPSA) is 72.7 Å². The summed E-state index contributed by atoms with van der Waals surface area (Å²) in [6, 6.07) is 10.7. The van der Waals surface area contributed by atoms with Gasteiger partial charge in [0, 0.05) is 28.8 Å². The van der Waals surface area contributed by atoms with E-state index in [0.717, 1.165) is 17.7 Å². The number of carbonyl (C=O) groups excluding carboxylic acids is 1. The van der Waals surface area contributed by atoms with Crippen LogP contribution in [0.2, 0.25) is 0 Å². The summed E-state index contributed by atoms with van der Waals surface area (Å²) in [6.07, 6.45) is 4.10. The van der Waals surface area contributed by atoms with Crippen molar-refractivity contribution in [2.45, 2.75) is 41.9 Å². The molecular weight excluding hydrogens is 407 g/mol. The molecule has 2 fully saturated rings. The molecule has 0 aromatic heterocycles. The molecule has 0 N–H and O–H groups in total.